The van der Waals surface area contributed by atoms with Gasteiger partial charge in [0.05, 0.1) is 0 Å². The molecule has 20 heavy (non-hydrogen) atoms. The van der Waals surface area contributed by atoms with Gasteiger partial charge in [0.25, 0.3) is 0 Å². The first-order valence-corrected chi connectivity index (χ1v) is 3.97. The summed E-state index contributed by atoms with van der Waals surface area (Å²) in [5.41, 5.74) is 0. The van der Waals surface area contributed by atoms with Crippen molar-refractivity contribution in [1.29, 1.82) is 0 Å². The van der Waals surface area contributed by atoms with Crippen molar-refractivity contribution in [2.45, 2.75) is 30.2 Å². The van der Waals surface area contributed by atoms with Crippen LogP contribution in [0.1, 0.15) is 0 Å². The third-order valence-corrected chi connectivity index (χ3v) is 1.66. The monoisotopic (exact) mass is 331 g/mol. The standard InChI is InChI=1S/C6HF12NO/c7-2(8,4(11,12)13)1(20)19-6(17,18)3(9,10)5(14,15)16/h(H,19,20). The van der Waals surface area contributed by atoms with Crippen LogP contribution in [0.3, 0.4) is 0 Å². The van der Waals surface area contributed by atoms with Crippen LogP contribution in [0.5, 0.6) is 0 Å². The number of halogens is 12. The summed E-state index contributed by atoms with van der Waals surface area (Å²) in [4.78, 5) is 10.1. The fourth-order valence-corrected chi connectivity index (χ4v) is 0.606. The topological polar surface area (TPSA) is 29.1 Å². The van der Waals surface area contributed by atoms with Crippen molar-refractivity contribution >= 4 is 5.91 Å². The summed E-state index contributed by atoms with van der Waals surface area (Å²) in [5.74, 6) is -17.7. The van der Waals surface area contributed by atoms with Crippen molar-refractivity contribution in [2.24, 2.45) is 0 Å². The molecule has 14 heteroatoms. The molecule has 0 spiro atoms. The van der Waals surface area contributed by atoms with Crippen molar-refractivity contribution < 1.29 is 57.5 Å². The second-order valence-corrected chi connectivity index (χ2v) is 3.17. The van der Waals surface area contributed by atoms with Crippen LogP contribution in [0.15, 0.2) is 0 Å². The largest absolute Gasteiger partial charge is 0.463 e. The normalized spacial score (nSPS) is 15.2. The molecule has 120 valence electrons. The molecular formula is C6HF12NO. The molecule has 1 amide bonds. The second-order valence-electron chi connectivity index (χ2n) is 3.17. The molecular weight excluding hydrogens is 330 g/mol. The molecule has 0 unspecified atom stereocenters. The summed E-state index contributed by atoms with van der Waals surface area (Å²) < 4.78 is 142. The van der Waals surface area contributed by atoms with Crippen LogP contribution in [0.4, 0.5) is 52.7 Å². The van der Waals surface area contributed by atoms with E-state index in [0.717, 1.165) is 0 Å². The molecule has 0 atom stereocenters. The van der Waals surface area contributed by atoms with E-state index in [0.29, 0.717) is 0 Å². The highest BCUT2D eigenvalue weighted by molar-refractivity contribution is 5.84. The number of alkyl halides is 12. The Labute approximate surface area is 100 Å². The molecule has 0 aliphatic carbocycles. The van der Waals surface area contributed by atoms with Crippen LogP contribution in [0, 0.1) is 0 Å². The van der Waals surface area contributed by atoms with Crippen molar-refractivity contribution in [3.63, 3.8) is 0 Å². The number of carbonyl (C=O) groups excluding carboxylic acids is 1. The number of amides is 1. The van der Waals surface area contributed by atoms with Gasteiger partial charge in [0.15, 0.2) is 0 Å². The van der Waals surface area contributed by atoms with E-state index in [2.05, 4.69) is 0 Å². The Morgan fingerprint density at radius 3 is 1.25 bits per heavy atom. The Hall–Kier alpha value is -1.37. The molecule has 0 fully saturated rings. The van der Waals surface area contributed by atoms with Crippen LogP contribution in [0.2, 0.25) is 0 Å². The Morgan fingerprint density at radius 1 is 0.650 bits per heavy atom. The molecule has 1 N–H and O–H groups in total. The minimum atomic E-state index is -7.06. The van der Waals surface area contributed by atoms with Crippen LogP contribution >= 0.6 is 0 Å². The van der Waals surface area contributed by atoms with Gasteiger partial charge in [0.1, 0.15) is 0 Å². The van der Waals surface area contributed by atoms with Gasteiger partial charge >= 0.3 is 36.2 Å². The minimum absolute atomic E-state index is 0.962. The summed E-state index contributed by atoms with van der Waals surface area (Å²) in [7, 11) is 0. The summed E-state index contributed by atoms with van der Waals surface area (Å²) >= 11 is 0. The first kappa shape index (κ1) is 18.6. The number of hydrogen-bond acceptors (Lipinski definition) is 1. The molecule has 0 bridgehead atoms. The highest BCUT2D eigenvalue weighted by Gasteiger charge is 2.75. The van der Waals surface area contributed by atoms with Crippen LogP contribution in [0.25, 0.3) is 0 Å². The smallest absolute Gasteiger partial charge is 0.286 e. The lowest BCUT2D eigenvalue weighted by Gasteiger charge is -2.29. The van der Waals surface area contributed by atoms with E-state index in [4.69, 9.17) is 0 Å². The summed E-state index contributed by atoms with van der Waals surface area (Å²) in [6, 6.07) is -6.71. The first-order valence-electron chi connectivity index (χ1n) is 3.97. The predicted octanol–water partition coefficient (Wildman–Crippen LogP) is 3.09. The van der Waals surface area contributed by atoms with Gasteiger partial charge < -0.3 is 0 Å². The number of carbonyl (C=O) groups is 1. The predicted molar refractivity (Wildman–Crippen MR) is 35.1 cm³/mol. The molecule has 0 aromatic carbocycles. The fourth-order valence-electron chi connectivity index (χ4n) is 0.606. The van der Waals surface area contributed by atoms with Crippen molar-refractivity contribution in [3.8, 4) is 0 Å². The highest BCUT2D eigenvalue weighted by atomic mass is 19.4. The summed E-state index contributed by atoms with van der Waals surface area (Å²) in [6.07, 6.45) is -13.8. The van der Waals surface area contributed by atoms with E-state index in [1.807, 2.05) is 0 Å². The van der Waals surface area contributed by atoms with Crippen molar-refractivity contribution in [1.82, 2.24) is 5.32 Å². The maximum atomic E-state index is 12.4. The Morgan fingerprint density at radius 2 is 1.00 bits per heavy atom. The third-order valence-electron chi connectivity index (χ3n) is 1.66. The zero-order valence-electron chi connectivity index (χ0n) is 8.44. The van der Waals surface area contributed by atoms with Gasteiger partial charge in [0, 0.05) is 0 Å². The summed E-state index contributed by atoms with van der Waals surface area (Å²) in [5, 5.41) is -0.962. The van der Waals surface area contributed by atoms with Crippen LogP contribution < -0.4 is 5.32 Å². The average Bonchev–Trinajstić information content (AvgIpc) is 2.12. The average molecular weight is 331 g/mol. The van der Waals surface area contributed by atoms with E-state index in [9.17, 15) is 57.5 Å². The van der Waals surface area contributed by atoms with Crippen molar-refractivity contribution in [2.75, 3.05) is 0 Å². The van der Waals surface area contributed by atoms with Gasteiger partial charge in [-0.1, -0.05) is 0 Å². The lowest BCUT2D eigenvalue weighted by molar-refractivity contribution is -0.361. The first-order chi connectivity index (χ1) is 8.38. The van der Waals surface area contributed by atoms with E-state index < -0.39 is 41.5 Å². The van der Waals surface area contributed by atoms with E-state index in [-0.39, 0.29) is 0 Å². The Bertz CT molecular complexity index is 378. The molecule has 0 radical (unpaired) electrons. The Kier molecular flexibility index (Phi) is 4.27. The fraction of sp³-hybridized carbons (Fsp3) is 0.833. The van der Waals surface area contributed by atoms with Crippen LogP contribution in [-0.4, -0.2) is 36.2 Å². The molecule has 0 aromatic rings. The van der Waals surface area contributed by atoms with E-state index >= 15 is 0 Å². The SMILES string of the molecule is O=C(NC(F)(F)C(F)(F)C(F)(F)F)C(F)(F)C(F)(F)F. The minimum Gasteiger partial charge on any atom is -0.286 e. The molecule has 2 nitrogen and oxygen atoms in total. The number of hydrogen-bond donors (Lipinski definition) is 1. The van der Waals surface area contributed by atoms with Gasteiger partial charge in [-0.25, -0.2) is 0 Å². The molecule has 0 saturated carbocycles. The zero-order chi connectivity index (χ0) is 16.8. The van der Waals surface area contributed by atoms with E-state index in [1.165, 1.54) is 0 Å². The lowest BCUT2D eigenvalue weighted by atomic mass is 10.2. The highest BCUT2D eigenvalue weighted by Crippen LogP contribution is 2.46. The molecule has 0 aromatic heterocycles. The zero-order valence-corrected chi connectivity index (χ0v) is 8.44. The molecule has 0 aliphatic heterocycles. The molecule has 0 heterocycles. The van der Waals surface area contributed by atoms with Gasteiger partial charge in [-0.2, -0.15) is 52.7 Å². The summed E-state index contributed by atoms with van der Waals surface area (Å²) in [6.45, 7) is 0. The number of rotatable bonds is 3. The maximum absolute atomic E-state index is 12.4. The third kappa shape index (κ3) is 3.03. The lowest BCUT2D eigenvalue weighted by Crippen LogP contribution is -2.64. The molecule has 0 rings (SSSR count). The van der Waals surface area contributed by atoms with Gasteiger partial charge in [-0.15, -0.1) is 0 Å². The molecule has 0 aliphatic rings. The van der Waals surface area contributed by atoms with Gasteiger partial charge in [0.2, 0.25) is 0 Å². The molecule has 0 saturated heterocycles. The Balaban J connectivity index is 5.38. The quantitative estimate of drug-likeness (QED) is 0.625. The maximum Gasteiger partial charge on any atom is 0.463 e. The second kappa shape index (κ2) is 4.58. The van der Waals surface area contributed by atoms with E-state index in [1.54, 1.807) is 0 Å². The van der Waals surface area contributed by atoms with Gasteiger partial charge in [-0.3, -0.25) is 10.1 Å². The van der Waals surface area contributed by atoms with Crippen LogP contribution in [-0.2, 0) is 4.79 Å². The number of nitrogens with one attached hydrogen (secondary N) is 1. The van der Waals surface area contributed by atoms with Crippen molar-refractivity contribution in [3.05, 3.63) is 0 Å². The van der Waals surface area contributed by atoms with Gasteiger partial charge in [-0.05, 0) is 0 Å².